The van der Waals surface area contributed by atoms with E-state index in [4.69, 9.17) is 4.74 Å². The molecule has 0 spiro atoms. The van der Waals surface area contributed by atoms with Crippen molar-refractivity contribution in [2.75, 3.05) is 11.9 Å². The van der Waals surface area contributed by atoms with Gasteiger partial charge in [-0.25, -0.2) is 0 Å². The Morgan fingerprint density at radius 3 is 2.55 bits per heavy atom. The summed E-state index contributed by atoms with van der Waals surface area (Å²) in [5.74, 6) is 0.114. The monoisotopic (exact) mass is 412 g/mol. The molecule has 22 heavy (non-hydrogen) atoms. The van der Waals surface area contributed by atoms with Crippen molar-refractivity contribution in [2.45, 2.75) is 6.92 Å². The number of aryl methyl sites for hydroxylation is 1. The quantitative estimate of drug-likeness (QED) is 0.463. The van der Waals surface area contributed by atoms with E-state index in [1.54, 1.807) is 0 Å². The van der Waals surface area contributed by atoms with Crippen LogP contribution in [0.25, 0.3) is 0 Å². The molecule has 0 saturated carbocycles. The van der Waals surface area contributed by atoms with Crippen LogP contribution in [-0.2, 0) is 4.79 Å². The number of non-ortho nitro benzene ring substituents is 1. The van der Waals surface area contributed by atoms with E-state index in [2.05, 4.69) is 27.9 Å². The lowest BCUT2D eigenvalue weighted by atomic mass is 10.2. The number of nitro groups is 1. The summed E-state index contributed by atoms with van der Waals surface area (Å²) in [6.07, 6.45) is 0. The summed E-state index contributed by atoms with van der Waals surface area (Å²) >= 11 is 2.20. The van der Waals surface area contributed by atoms with Crippen LogP contribution >= 0.6 is 22.6 Å². The van der Waals surface area contributed by atoms with Gasteiger partial charge < -0.3 is 10.1 Å². The second-order valence-corrected chi connectivity index (χ2v) is 5.79. The normalized spacial score (nSPS) is 10.1. The minimum Gasteiger partial charge on any atom is -0.484 e. The number of anilines is 1. The van der Waals surface area contributed by atoms with Crippen LogP contribution in [0.1, 0.15) is 5.56 Å². The van der Waals surface area contributed by atoms with Crippen molar-refractivity contribution in [3.05, 3.63) is 61.7 Å². The smallest absolute Gasteiger partial charge is 0.269 e. The largest absolute Gasteiger partial charge is 0.484 e. The molecule has 0 fully saturated rings. The van der Waals surface area contributed by atoms with Gasteiger partial charge in [0.05, 0.1) is 4.92 Å². The van der Waals surface area contributed by atoms with E-state index < -0.39 is 4.92 Å². The molecule has 2 rings (SSSR count). The Balaban J connectivity index is 1.91. The SMILES string of the molecule is Cc1cc(I)ccc1NC(=O)COc1ccc([N+](=O)[O-])cc1. The summed E-state index contributed by atoms with van der Waals surface area (Å²) in [7, 11) is 0. The highest BCUT2D eigenvalue weighted by molar-refractivity contribution is 14.1. The molecular weight excluding hydrogens is 399 g/mol. The number of nitrogens with one attached hydrogen (secondary N) is 1. The van der Waals surface area contributed by atoms with Gasteiger partial charge in [0.25, 0.3) is 11.6 Å². The molecule has 0 atom stereocenters. The molecular formula is C15H13IN2O4. The van der Waals surface area contributed by atoms with Crippen molar-refractivity contribution in [1.82, 2.24) is 0 Å². The zero-order valence-corrected chi connectivity index (χ0v) is 13.9. The number of nitro benzene ring substituents is 1. The highest BCUT2D eigenvalue weighted by Gasteiger charge is 2.08. The van der Waals surface area contributed by atoms with E-state index in [0.717, 1.165) is 14.8 Å². The highest BCUT2D eigenvalue weighted by Crippen LogP contribution is 2.19. The third kappa shape index (κ3) is 4.42. The maximum atomic E-state index is 11.9. The van der Waals surface area contributed by atoms with Gasteiger partial charge in [-0.2, -0.15) is 0 Å². The fourth-order valence-corrected chi connectivity index (χ4v) is 2.41. The van der Waals surface area contributed by atoms with Gasteiger partial charge in [-0.15, -0.1) is 0 Å². The van der Waals surface area contributed by atoms with E-state index in [0.29, 0.717) is 5.75 Å². The van der Waals surface area contributed by atoms with Gasteiger partial charge in [0.15, 0.2) is 6.61 Å². The lowest BCUT2D eigenvalue weighted by Crippen LogP contribution is -2.20. The first-order valence-electron chi connectivity index (χ1n) is 6.39. The highest BCUT2D eigenvalue weighted by atomic mass is 127. The van der Waals surface area contributed by atoms with Crippen LogP contribution in [-0.4, -0.2) is 17.4 Å². The summed E-state index contributed by atoms with van der Waals surface area (Å²) in [6.45, 7) is 1.75. The molecule has 0 aliphatic heterocycles. The number of hydrogen-bond donors (Lipinski definition) is 1. The summed E-state index contributed by atoms with van der Waals surface area (Å²) in [5, 5.41) is 13.3. The topological polar surface area (TPSA) is 81.5 Å². The molecule has 2 aromatic carbocycles. The Bertz CT molecular complexity index is 701. The molecule has 1 N–H and O–H groups in total. The van der Waals surface area contributed by atoms with Crippen molar-refractivity contribution < 1.29 is 14.5 Å². The van der Waals surface area contributed by atoms with Crippen LogP contribution in [0.5, 0.6) is 5.75 Å². The minimum absolute atomic E-state index is 0.0219. The maximum Gasteiger partial charge on any atom is 0.269 e. The van der Waals surface area contributed by atoms with E-state index in [9.17, 15) is 14.9 Å². The summed E-state index contributed by atoms with van der Waals surface area (Å²) in [5.41, 5.74) is 1.68. The number of hydrogen-bond acceptors (Lipinski definition) is 4. The number of carbonyl (C=O) groups excluding carboxylic acids is 1. The fraction of sp³-hybridized carbons (Fsp3) is 0.133. The van der Waals surface area contributed by atoms with Gasteiger partial charge in [-0.05, 0) is 65.4 Å². The van der Waals surface area contributed by atoms with Crippen LogP contribution in [0.3, 0.4) is 0 Å². The predicted molar refractivity (Wildman–Crippen MR) is 91.1 cm³/mol. The standard InChI is InChI=1S/C15H13IN2O4/c1-10-8-11(16)2-7-14(10)17-15(19)9-22-13-5-3-12(4-6-13)18(20)21/h2-8H,9H2,1H3,(H,17,19). The second kappa shape index (κ2) is 7.21. The van der Waals surface area contributed by atoms with Crippen LogP contribution in [0.15, 0.2) is 42.5 Å². The number of amides is 1. The molecule has 0 aromatic heterocycles. The average Bonchev–Trinajstić information content (AvgIpc) is 2.48. The summed E-state index contributed by atoms with van der Waals surface area (Å²) < 4.78 is 6.40. The van der Waals surface area contributed by atoms with Gasteiger partial charge in [-0.1, -0.05) is 0 Å². The average molecular weight is 412 g/mol. The van der Waals surface area contributed by atoms with E-state index in [1.807, 2.05) is 25.1 Å². The molecule has 0 unspecified atom stereocenters. The maximum absolute atomic E-state index is 11.9. The number of halogens is 1. The Labute approximate surface area is 140 Å². The molecule has 0 bridgehead atoms. The predicted octanol–water partition coefficient (Wildman–Crippen LogP) is 3.53. The first-order valence-corrected chi connectivity index (χ1v) is 7.47. The number of rotatable bonds is 5. The molecule has 0 aliphatic rings. The lowest BCUT2D eigenvalue weighted by Gasteiger charge is -2.10. The summed E-state index contributed by atoms with van der Waals surface area (Å²) in [6, 6.07) is 11.3. The minimum atomic E-state index is -0.490. The lowest BCUT2D eigenvalue weighted by molar-refractivity contribution is -0.384. The van der Waals surface area contributed by atoms with Crippen molar-refractivity contribution >= 4 is 39.9 Å². The van der Waals surface area contributed by atoms with Gasteiger partial charge >= 0.3 is 0 Å². The molecule has 1 amide bonds. The fourth-order valence-electron chi connectivity index (χ4n) is 1.77. The van der Waals surface area contributed by atoms with Crippen LogP contribution in [0.4, 0.5) is 11.4 Å². The van der Waals surface area contributed by atoms with E-state index in [1.165, 1.54) is 24.3 Å². The number of benzene rings is 2. The number of carbonyl (C=O) groups is 1. The van der Waals surface area contributed by atoms with Crippen LogP contribution in [0, 0.1) is 20.6 Å². The van der Waals surface area contributed by atoms with Crippen LogP contribution in [0.2, 0.25) is 0 Å². The zero-order valence-electron chi connectivity index (χ0n) is 11.7. The van der Waals surface area contributed by atoms with Crippen molar-refractivity contribution in [3.63, 3.8) is 0 Å². The third-order valence-corrected chi connectivity index (χ3v) is 3.55. The molecule has 0 heterocycles. The second-order valence-electron chi connectivity index (χ2n) is 4.55. The third-order valence-electron chi connectivity index (χ3n) is 2.88. The Morgan fingerprint density at radius 2 is 1.95 bits per heavy atom. The molecule has 0 saturated heterocycles. The Morgan fingerprint density at radius 1 is 1.27 bits per heavy atom. The van der Waals surface area contributed by atoms with Gasteiger partial charge in [0.2, 0.25) is 0 Å². The molecule has 114 valence electrons. The van der Waals surface area contributed by atoms with Crippen molar-refractivity contribution in [3.8, 4) is 5.75 Å². The number of ether oxygens (including phenoxy) is 1. The zero-order chi connectivity index (χ0) is 16.1. The van der Waals surface area contributed by atoms with E-state index in [-0.39, 0.29) is 18.2 Å². The molecule has 0 radical (unpaired) electrons. The van der Waals surface area contributed by atoms with Gasteiger partial charge in [0, 0.05) is 21.4 Å². The van der Waals surface area contributed by atoms with Crippen molar-refractivity contribution in [2.24, 2.45) is 0 Å². The first kappa shape index (κ1) is 16.2. The Hall–Kier alpha value is -2.16. The number of nitrogens with zero attached hydrogens (tertiary/aromatic N) is 1. The molecule has 7 heteroatoms. The summed E-state index contributed by atoms with van der Waals surface area (Å²) in [4.78, 5) is 21.9. The first-order chi connectivity index (χ1) is 10.5. The van der Waals surface area contributed by atoms with Gasteiger partial charge in [-0.3, -0.25) is 14.9 Å². The van der Waals surface area contributed by atoms with Crippen LogP contribution < -0.4 is 10.1 Å². The molecule has 6 nitrogen and oxygen atoms in total. The van der Waals surface area contributed by atoms with Crippen molar-refractivity contribution in [1.29, 1.82) is 0 Å². The van der Waals surface area contributed by atoms with Gasteiger partial charge in [0.1, 0.15) is 5.75 Å². The van der Waals surface area contributed by atoms with E-state index >= 15 is 0 Å². The molecule has 2 aromatic rings. The molecule has 0 aliphatic carbocycles. The Kier molecular flexibility index (Phi) is 5.31.